The van der Waals surface area contributed by atoms with E-state index in [-0.39, 0.29) is 12.1 Å². The Balaban J connectivity index is 1.51. The molecule has 1 unspecified atom stereocenters. The molecule has 0 saturated carbocycles. The monoisotopic (exact) mass is 415 g/mol. The number of aromatic nitrogens is 1. The van der Waals surface area contributed by atoms with Gasteiger partial charge in [-0.05, 0) is 60.5 Å². The van der Waals surface area contributed by atoms with Gasteiger partial charge in [0.05, 0.1) is 17.3 Å². The number of amides is 1. The first kappa shape index (κ1) is 21.3. The SMILES string of the molecule is NC(Cc1ccc(OCc2ccccn2)cc1)C(=O)Nc1ccc(C(F)(F)F)cc1. The van der Waals surface area contributed by atoms with E-state index in [2.05, 4.69) is 10.3 Å². The highest BCUT2D eigenvalue weighted by molar-refractivity contribution is 5.94. The Morgan fingerprint density at radius 1 is 1.03 bits per heavy atom. The molecule has 1 heterocycles. The van der Waals surface area contributed by atoms with Crippen molar-refractivity contribution in [1.29, 1.82) is 0 Å². The minimum Gasteiger partial charge on any atom is -0.487 e. The number of hydrogen-bond donors (Lipinski definition) is 2. The third-order valence-electron chi connectivity index (χ3n) is 4.31. The molecule has 3 N–H and O–H groups in total. The second-order valence-electron chi connectivity index (χ2n) is 6.63. The highest BCUT2D eigenvalue weighted by Crippen LogP contribution is 2.29. The minimum atomic E-state index is -4.42. The number of rotatable bonds is 7. The zero-order valence-corrected chi connectivity index (χ0v) is 15.9. The van der Waals surface area contributed by atoms with Gasteiger partial charge in [-0.2, -0.15) is 13.2 Å². The van der Waals surface area contributed by atoms with Crippen LogP contribution in [0.3, 0.4) is 0 Å². The number of nitrogens with one attached hydrogen (secondary N) is 1. The molecule has 8 heteroatoms. The average Bonchev–Trinajstić information content (AvgIpc) is 2.73. The highest BCUT2D eigenvalue weighted by Gasteiger charge is 2.30. The fraction of sp³-hybridized carbons (Fsp3) is 0.182. The van der Waals surface area contributed by atoms with Gasteiger partial charge in [0.15, 0.2) is 0 Å². The summed E-state index contributed by atoms with van der Waals surface area (Å²) in [5, 5.41) is 2.53. The molecule has 30 heavy (non-hydrogen) atoms. The molecule has 1 atom stereocenters. The van der Waals surface area contributed by atoms with Crippen LogP contribution in [0.15, 0.2) is 72.9 Å². The van der Waals surface area contributed by atoms with Gasteiger partial charge in [0.1, 0.15) is 12.4 Å². The number of alkyl halides is 3. The maximum absolute atomic E-state index is 12.6. The predicted octanol–water partition coefficient (Wildman–Crippen LogP) is 4.19. The molecule has 156 valence electrons. The van der Waals surface area contributed by atoms with Gasteiger partial charge in [-0.15, -0.1) is 0 Å². The smallest absolute Gasteiger partial charge is 0.416 e. The summed E-state index contributed by atoms with van der Waals surface area (Å²) < 4.78 is 43.4. The number of carbonyl (C=O) groups is 1. The van der Waals surface area contributed by atoms with E-state index in [9.17, 15) is 18.0 Å². The molecule has 3 rings (SSSR count). The van der Waals surface area contributed by atoms with Gasteiger partial charge in [0.2, 0.25) is 5.91 Å². The van der Waals surface area contributed by atoms with Gasteiger partial charge in [0.25, 0.3) is 0 Å². The van der Waals surface area contributed by atoms with Crippen LogP contribution in [0.2, 0.25) is 0 Å². The van der Waals surface area contributed by atoms with Crippen LogP contribution in [0.25, 0.3) is 0 Å². The van der Waals surface area contributed by atoms with Gasteiger partial charge in [-0.25, -0.2) is 0 Å². The lowest BCUT2D eigenvalue weighted by atomic mass is 10.1. The fourth-order valence-corrected chi connectivity index (χ4v) is 2.69. The largest absolute Gasteiger partial charge is 0.487 e. The summed E-state index contributed by atoms with van der Waals surface area (Å²) in [7, 11) is 0. The standard InChI is InChI=1S/C22H20F3N3O2/c23-22(24,25)16-6-8-17(9-7-16)28-21(29)20(26)13-15-4-10-19(11-5-15)30-14-18-3-1-2-12-27-18/h1-12,20H,13-14,26H2,(H,28,29). The molecular formula is C22H20F3N3O2. The first-order valence-electron chi connectivity index (χ1n) is 9.16. The lowest BCUT2D eigenvalue weighted by Crippen LogP contribution is -2.37. The van der Waals surface area contributed by atoms with Crippen LogP contribution in [-0.2, 0) is 24.0 Å². The van der Waals surface area contributed by atoms with Crippen LogP contribution in [0, 0.1) is 0 Å². The van der Waals surface area contributed by atoms with Crippen molar-refractivity contribution in [2.45, 2.75) is 25.2 Å². The predicted molar refractivity (Wildman–Crippen MR) is 107 cm³/mol. The van der Waals surface area contributed by atoms with Crippen molar-refractivity contribution < 1.29 is 22.7 Å². The molecule has 0 aliphatic rings. The van der Waals surface area contributed by atoms with Crippen LogP contribution in [0.5, 0.6) is 5.75 Å². The summed E-state index contributed by atoms with van der Waals surface area (Å²) in [5.74, 6) is 0.178. The van der Waals surface area contributed by atoms with E-state index < -0.39 is 23.7 Å². The van der Waals surface area contributed by atoms with E-state index in [0.29, 0.717) is 12.4 Å². The van der Waals surface area contributed by atoms with Crippen molar-refractivity contribution in [2.75, 3.05) is 5.32 Å². The number of hydrogen-bond acceptors (Lipinski definition) is 4. The number of anilines is 1. The summed E-state index contributed by atoms with van der Waals surface area (Å²) in [6.45, 7) is 0.342. The molecule has 1 aromatic heterocycles. The van der Waals surface area contributed by atoms with E-state index in [4.69, 9.17) is 10.5 Å². The number of ether oxygens (including phenoxy) is 1. The van der Waals surface area contributed by atoms with E-state index >= 15 is 0 Å². The first-order valence-corrected chi connectivity index (χ1v) is 9.16. The molecule has 5 nitrogen and oxygen atoms in total. The van der Waals surface area contributed by atoms with E-state index in [1.54, 1.807) is 30.5 Å². The molecule has 2 aromatic carbocycles. The minimum absolute atomic E-state index is 0.252. The summed E-state index contributed by atoms with van der Waals surface area (Å²) in [6, 6.07) is 16.1. The van der Waals surface area contributed by atoms with Crippen LogP contribution in [-0.4, -0.2) is 16.9 Å². The van der Waals surface area contributed by atoms with Gasteiger partial charge < -0.3 is 15.8 Å². The van der Waals surface area contributed by atoms with Gasteiger partial charge in [-0.1, -0.05) is 18.2 Å². The maximum Gasteiger partial charge on any atom is 0.416 e. The third kappa shape index (κ3) is 6.05. The van der Waals surface area contributed by atoms with Crippen molar-refractivity contribution in [3.8, 4) is 5.75 Å². The molecule has 3 aromatic rings. The summed E-state index contributed by atoms with van der Waals surface area (Å²) >= 11 is 0. The lowest BCUT2D eigenvalue weighted by molar-refractivity contribution is -0.137. The number of pyridine rings is 1. The second-order valence-corrected chi connectivity index (χ2v) is 6.63. The quantitative estimate of drug-likeness (QED) is 0.607. The highest BCUT2D eigenvalue weighted by atomic mass is 19.4. The van der Waals surface area contributed by atoms with Gasteiger partial charge >= 0.3 is 6.18 Å². The van der Waals surface area contributed by atoms with Crippen molar-refractivity contribution >= 4 is 11.6 Å². The number of halogens is 3. The molecule has 0 aliphatic carbocycles. The Labute approximate surface area is 171 Å². The molecule has 0 spiro atoms. The van der Waals surface area contributed by atoms with Crippen LogP contribution in [0.4, 0.5) is 18.9 Å². The van der Waals surface area contributed by atoms with Gasteiger partial charge in [0, 0.05) is 11.9 Å². The molecule has 0 aliphatic heterocycles. The van der Waals surface area contributed by atoms with E-state index in [1.165, 1.54) is 12.1 Å². The summed E-state index contributed by atoms with van der Waals surface area (Å²) in [4.78, 5) is 16.4. The van der Waals surface area contributed by atoms with Crippen molar-refractivity contribution in [3.05, 3.63) is 89.7 Å². The van der Waals surface area contributed by atoms with Crippen molar-refractivity contribution in [3.63, 3.8) is 0 Å². The molecule has 0 bridgehead atoms. The second kappa shape index (κ2) is 9.41. The van der Waals surface area contributed by atoms with Crippen molar-refractivity contribution in [1.82, 2.24) is 4.98 Å². The Morgan fingerprint density at radius 3 is 2.33 bits per heavy atom. The fourth-order valence-electron chi connectivity index (χ4n) is 2.69. The van der Waals surface area contributed by atoms with Crippen molar-refractivity contribution in [2.24, 2.45) is 5.73 Å². The van der Waals surface area contributed by atoms with Crippen LogP contribution >= 0.6 is 0 Å². The summed E-state index contributed by atoms with van der Waals surface area (Å²) in [6.07, 6.45) is -2.46. The summed E-state index contributed by atoms with van der Waals surface area (Å²) in [5.41, 5.74) is 7.04. The maximum atomic E-state index is 12.6. The molecular weight excluding hydrogens is 395 g/mol. The van der Waals surface area contributed by atoms with Gasteiger partial charge in [-0.3, -0.25) is 9.78 Å². The zero-order chi connectivity index (χ0) is 21.6. The zero-order valence-electron chi connectivity index (χ0n) is 15.9. The number of carbonyl (C=O) groups excluding carboxylic acids is 1. The average molecular weight is 415 g/mol. The molecule has 0 radical (unpaired) electrons. The topological polar surface area (TPSA) is 77.2 Å². The van der Waals surface area contributed by atoms with E-state index in [1.807, 2.05) is 18.2 Å². The van der Waals surface area contributed by atoms with E-state index in [0.717, 1.165) is 23.4 Å². The number of benzene rings is 2. The normalized spacial score (nSPS) is 12.3. The first-order chi connectivity index (χ1) is 14.3. The Bertz CT molecular complexity index is 960. The molecule has 0 saturated heterocycles. The number of nitrogens with zero attached hydrogens (tertiary/aromatic N) is 1. The van der Waals surface area contributed by atoms with Crippen LogP contribution < -0.4 is 15.8 Å². The molecule has 1 amide bonds. The Kier molecular flexibility index (Phi) is 6.68. The third-order valence-corrected chi connectivity index (χ3v) is 4.31. The molecule has 0 fully saturated rings. The Hall–Kier alpha value is -3.39. The Morgan fingerprint density at radius 2 is 1.73 bits per heavy atom. The number of nitrogens with two attached hydrogens (primary N) is 1. The van der Waals surface area contributed by atoms with Crippen LogP contribution in [0.1, 0.15) is 16.8 Å². The lowest BCUT2D eigenvalue weighted by Gasteiger charge is -2.14.